The molecule has 2 aromatic rings. The number of rotatable bonds is 6. The number of urea groups is 1. The zero-order valence-corrected chi connectivity index (χ0v) is 17.4. The van der Waals surface area contributed by atoms with E-state index in [0.29, 0.717) is 18.8 Å². The van der Waals surface area contributed by atoms with E-state index in [1.54, 1.807) is 0 Å². The molecule has 0 radical (unpaired) electrons. The molecule has 2 fully saturated rings. The van der Waals surface area contributed by atoms with Crippen LogP contribution in [0.25, 0.3) is 0 Å². The van der Waals surface area contributed by atoms with Crippen LogP contribution in [0.1, 0.15) is 17.4 Å². The van der Waals surface area contributed by atoms with Crippen molar-refractivity contribution >= 4 is 34.5 Å². The molecule has 8 nitrogen and oxygen atoms in total. The summed E-state index contributed by atoms with van der Waals surface area (Å²) in [4.78, 5) is 28.3. The molecule has 1 aromatic heterocycles. The van der Waals surface area contributed by atoms with E-state index in [1.165, 1.54) is 48.7 Å². The number of anilines is 1. The number of carbonyl (C=O) groups excluding carboxylic acids is 2. The van der Waals surface area contributed by atoms with Crippen molar-refractivity contribution < 1.29 is 27.8 Å². The number of benzene rings is 1. The molecule has 0 spiro atoms. The maximum atomic E-state index is 12.9. The van der Waals surface area contributed by atoms with Crippen LogP contribution >= 0.6 is 11.3 Å². The number of hydrazone groups is 1. The molecule has 4 rings (SSSR count). The summed E-state index contributed by atoms with van der Waals surface area (Å²) in [6, 6.07) is 8.72. The lowest BCUT2D eigenvalue weighted by molar-refractivity contribution is -0.131. The van der Waals surface area contributed by atoms with Crippen LogP contribution in [0.4, 0.5) is 18.6 Å². The van der Waals surface area contributed by atoms with E-state index in [2.05, 4.69) is 20.1 Å². The average Bonchev–Trinajstić information content (AvgIpc) is 3.31. The number of thiophene rings is 1. The van der Waals surface area contributed by atoms with E-state index in [0.717, 1.165) is 28.0 Å². The molecular formula is C20H20F2N4O4S. The summed E-state index contributed by atoms with van der Waals surface area (Å²) in [6.07, 6.45) is 1.47. The number of morpholine rings is 1. The van der Waals surface area contributed by atoms with Gasteiger partial charge in [0.2, 0.25) is 0 Å². The zero-order chi connectivity index (χ0) is 22.0. The smallest absolute Gasteiger partial charge is 0.387 e. The molecule has 3 amide bonds. The van der Waals surface area contributed by atoms with Crippen molar-refractivity contribution in [2.24, 2.45) is 5.10 Å². The van der Waals surface area contributed by atoms with Crippen LogP contribution in [0.3, 0.4) is 0 Å². The van der Waals surface area contributed by atoms with Gasteiger partial charge in [0, 0.05) is 18.0 Å². The molecular weight excluding hydrogens is 430 g/mol. The quantitative estimate of drug-likeness (QED) is 0.541. The first-order valence-corrected chi connectivity index (χ1v) is 10.4. The van der Waals surface area contributed by atoms with Crippen LogP contribution in [0.15, 0.2) is 41.5 Å². The predicted octanol–water partition coefficient (Wildman–Crippen LogP) is 2.99. The number of alkyl halides is 2. The van der Waals surface area contributed by atoms with Gasteiger partial charge in [0.05, 0.1) is 24.4 Å². The van der Waals surface area contributed by atoms with Gasteiger partial charge in [-0.1, -0.05) is 12.1 Å². The third-order valence-corrected chi connectivity index (χ3v) is 6.14. The van der Waals surface area contributed by atoms with E-state index >= 15 is 0 Å². The lowest BCUT2D eigenvalue weighted by Crippen LogP contribution is -2.40. The van der Waals surface area contributed by atoms with Crippen molar-refractivity contribution in [3.63, 3.8) is 0 Å². The highest BCUT2D eigenvalue weighted by Crippen LogP contribution is 2.31. The molecule has 1 atom stereocenters. The fourth-order valence-electron chi connectivity index (χ4n) is 3.37. The maximum Gasteiger partial charge on any atom is 0.387 e. The minimum Gasteiger partial charge on any atom is -0.435 e. The molecule has 0 aliphatic carbocycles. The Bertz CT molecular complexity index is 991. The van der Waals surface area contributed by atoms with Crippen molar-refractivity contribution in [2.75, 3.05) is 31.2 Å². The monoisotopic (exact) mass is 450 g/mol. The minimum absolute atomic E-state index is 0.0391. The SMILES string of the molecule is CC1(c2ccc(OC(F)F)cc2)NC(=O)N(N=Cc2ccc(N3CCOCC3)s2)C1=O. The van der Waals surface area contributed by atoms with Crippen molar-refractivity contribution in [3.8, 4) is 5.75 Å². The number of nitrogens with zero attached hydrogens (tertiary/aromatic N) is 3. The van der Waals surface area contributed by atoms with E-state index in [-0.39, 0.29) is 5.75 Å². The van der Waals surface area contributed by atoms with Crippen molar-refractivity contribution in [1.82, 2.24) is 10.3 Å². The van der Waals surface area contributed by atoms with Crippen LogP contribution in [0.2, 0.25) is 0 Å². The second kappa shape index (κ2) is 8.60. The number of hydrogen-bond donors (Lipinski definition) is 1. The maximum absolute atomic E-state index is 12.9. The molecule has 3 heterocycles. The fourth-order valence-corrected chi connectivity index (χ4v) is 4.30. The summed E-state index contributed by atoms with van der Waals surface area (Å²) < 4.78 is 34.3. The van der Waals surface area contributed by atoms with E-state index < -0.39 is 24.1 Å². The van der Waals surface area contributed by atoms with Gasteiger partial charge >= 0.3 is 12.6 Å². The number of amides is 3. The van der Waals surface area contributed by atoms with Crippen LogP contribution in [-0.4, -0.2) is 56.1 Å². The Morgan fingerprint density at radius 2 is 1.90 bits per heavy atom. The summed E-state index contributed by atoms with van der Waals surface area (Å²) in [6.45, 7) is 1.57. The fraction of sp³-hybridized carbons (Fsp3) is 0.350. The lowest BCUT2D eigenvalue weighted by Gasteiger charge is -2.27. The number of hydrogen-bond acceptors (Lipinski definition) is 7. The number of carbonyl (C=O) groups is 2. The number of halogens is 2. The Balaban J connectivity index is 1.47. The molecule has 2 aliphatic heterocycles. The molecule has 2 saturated heterocycles. The molecule has 1 N–H and O–H groups in total. The van der Waals surface area contributed by atoms with Gasteiger partial charge in [-0.2, -0.15) is 13.9 Å². The first-order chi connectivity index (χ1) is 14.9. The van der Waals surface area contributed by atoms with Crippen molar-refractivity contribution in [3.05, 3.63) is 46.8 Å². The Hall–Kier alpha value is -3.05. The van der Waals surface area contributed by atoms with Gasteiger partial charge in [-0.3, -0.25) is 4.79 Å². The van der Waals surface area contributed by atoms with Crippen molar-refractivity contribution in [2.45, 2.75) is 19.1 Å². The lowest BCUT2D eigenvalue weighted by atomic mass is 9.92. The average molecular weight is 450 g/mol. The van der Waals surface area contributed by atoms with Crippen LogP contribution in [-0.2, 0) is 15.1 Å². The first-order valence-electron chi connectivity index (χ1n) is 9.55. The predicted molar refractivity (Wildman–Crippen MR) is 111 cm³/mol. The standard InChI is InChI=1S/C20H20F2N4O4S/c1-20(13-2-4-14(5-3-13)30-18(21)22)17(27)26(19(28)24-20)23-12-15-6-7-16(31-15)25-8-10-29-11-9-25/h2-7,12,18H,8-11H2,1H3,(H,24,28). The van der Waals surface area contributed by atoms with Crippen LogP contribution < -0.4 is 15.0 Å². The molecule has 1 aromatic carbocycles. The van der Waals surface area contributed by atoms with Crippen LogP contribution in [0.5, 0.6) is 5.75 Å². The van der Waals surface area contributed by atoms with Gasteiger partial charge in [-0.15, -0.1) is 16.3 Å². The number of nitrogens with one attached hydrogen (secondary N) is 1. The number of ether oxygens (including phenoxy) is 2. The molecule has 1 unspecified atom stereocenters. The molecule has 164 valence electrons. The second-order valence-electron chi connectivity index (χ2n) is 7.09. The Morgan fingerprint density at radius 1 is 1.19 bits per heavy atom. The highest BCUT2D eigenvalue weighted by Gasteiger charge is 2.49. The normalized spacial score (nSPS) is 21.9. The Morgan fingerprint density at radius 3 is 2.58 bits per heavy atom. The third kappa shape index (κ3) is 4.37. The van der Waals surface area contributed by atoms with Crippen LogP contribution in [0, 0.1) is 0 Å². The summed E-state index contributed by atoms with van der Waals surface area (Å²) in [5.41, 5.74) is -0.942. The molecule has 11 heteroatoms. The highest BCUT2D eigenvalue weighted by atomic mass is 32.1. The largest absolute Gasteiger partial charge is 0.435 e. The topological polar surface area (TPSA) is 83.5 Å². The molecule has 0 bridgehead atoms. The zero-order valence-electron chi connectivity index (χ0n) is 16.6. The Kier molecular flexibility index (Phi) is 5.88. The van der Waals surface area contributed by atoms with E-state index in [4.69, 9.17) is 4.74 Å². The van der Waals surface area contributed by atoms with Crippen molar-refractivity contribution in [1.29, 1.82) is 0 Å². The van der Waals surface area contributed by atoms with Gasteiger partial charge in [0.25, 0.3) is 5.91 Å². The van der Waals surface area contributed by atoms with Gasteiger partial charge < -0.3 is 19.7 Å². The first kappa shape index (κ1) is 21.2. The van der Waals surface area contributed by atoms with Gasteiger partial charge in [-0.25, -0.2) is 4.79 Å². The minimum atomic E-state index is -2.94. The Labute approximate surface area is 181 Å². The summed E-state index contributed by atoms with van der Waals surface area (Å²) in [5, 5.41) is 8.54. The summed E-state index contributed by atoms with van der Waals surface area (Å²) >= 11 is 1.50. The molecule has 0 saturated carbocycles. The van der Waals surface area contributed by atoms with E-state index in [9.17, 15) is 18.4 Å². The summed E-state index contributed by atoms with van der Waals surface area (Å²) in [7, 11) is 0. The van der Waals surface area contributed by atoms with Gasteiger partial charge in [0.15, 0.2) is 0 Å². The third-order valence-electron chi connectivity index (χ3n) is 5.06. The van der Waals surface area contributed by atoms with E-state index in [1.807, 2.05) is 12.1 Å². The highest BCUT2D eigenvalue weighted by molar-refractivity contribution is 7.17. The molecule has 2 aliphatic rings. The number of imide groups is 1. The summed E-state index contributed by atoms with van der Waals surface area (Å²) in [5.74, 6) is -0.607. The van der Waals surface area contributed by atoms with Gasteiger partial charge in [0.1, 0.15) is 11.3 Å². The molecule has 31 heavy (non-hydrogen) atoms. The van der Waals surface area contributed by atoms with Gasteiger partial charge in [-0.05, 0) is 36.8 Å². The second-order valence-corrected chi connectivity index (χ2v) is 8.19.